The minimum Gasteiger partial charge on any atom is -0.481 e. The highest BCUT2D eigenvalue weighted by Gasteiger charge is 2.37. The molecular weight excluding hydrogens is 318 g/mol. The number of hydrogen-bond acceptors (Lipinski definition) is 3. The number of ether oxygens (including phenoxy) is 1. The molecule has 126 valence electrons. The number of likely N-dealkylation sites (tertiary alicyclic amines) is 1. The number of carboxylic acids is 1. The molecule has 0 aliphatic carbocycles. The minimum absolute atomic E-state index is 0.272. The van der Waals surface area contributed by atoms with Crippen molar-refractivity contribution in [3.8, 4) is 0 Å². The van der Waals surface area contributed by atoms with Crippen LogP contribution in [0, 0.1) is 5.92 Å². The van der Waals surface area contributed by atoms with Crippen molar-refractivity contribution in [2.75, 3.05) is 13.1 Å². The molecule has 1 aliphatic heterocycles. The van der Waals surface area contributed by atoms with Crippen molar-refractivity contribution < 1.29 is 19.4 Å². The predicted octanol–water partition coefficient (Wildman–Crippen LogP) is 3.77. The lowest BCUT2D eigenvalue weighted by Crippen LogP contribution is -2.46. The van der Waals surface area contributed by atoms with Gasteiger partial charge < -0.3 is 14.7 Å². The number of nitrogens with zero attached hydrogens (tertiary/aromatic N) is 1. The van der Waals surface area contributed by atoms with Crippen molar-refractivity contribution in [2.45, 2.75) is 38.7 Å². The van der Waals surface area contributed by atoms with Crippen LogP contribution < -0.4 is 0 Å². The lowest BCUT2D eigenvalue weighted by Gasteiger charge is -2.37. The summed E-state index contributed by atoms with van der Waals surface area (Å²) in [6.45, 7) is 6.15. The highest BCUT2D eigenvalue weighted by atomic mass is 35.5. The largest absolute Gasteiger partial charge is 0.481 e. The number of carboxylic acid groups (broad SMARTS) is 1. The van der Waals surface area contributed by atoms with Crippen LogP contribution in [0.1, 0.15) is 38.7 Å². The van der Waals surface area contributed by atoms with Crippen LogP contribution in [0.15, 0.2) is 24.3 Å². The maximum Gasteiger partial charge on any atom is 0.410 e. The zero-order valence-electron chi connectivity index (χ0n) is 13.6. The zero-order chi connectivity index (χ0) is 17.2. The first kappa shape index (κ1) is 17.6. The number of amides is 1. The molecule has 1 N–H and O–H groups in total. The number of hydrogen-bond donors (Lipinski definition) is 1. The van der Waals surface area contributed by atoms with Gasteiger partial charge in [0.25, 0.3) is 0 Å². The van der Waals surface area contributed by atoms with E-state index in [1.807, 2.05) is 32.9 Å². The highest BCUT2D eigenvalue weighted by Crippen LogP contribution is 2.34. The van der Waals surface area contributed by atoms with Crippen molar-refractivity contribution in [1.82, 2.24) is 4.90 Å². The number of carbonyl (C=O) groups is 2. The molecule has 1 heterocycles. The lowest BCUT2D eigenvalue weighted by atomic mass is 9.81. The SMILES string of the molecule is CC(C)(C)OC(=O)N1CC[C@H](C(=O)O)[C@@H](c2ccc(Cl)cc2)C1. The van der Waals surface area contributed by atoms with Crippen LogP contribution in [0.3, 0.4) is 0 Å². The van der Waals surface area contributed by atoms with E-state index in [9.17, 15) is 14.7 Å². The van der Waals surface area contributed by atoms with Gasteiger partial charge in [-0.15, -0.1) is 0 Å². The van der Waals surface area contributed by atoms with Crippen molar-refractivity contribution in [3.05, 3.63) is 34.9 Å². The van der Waals surface area contributed by atoms with Gasteiger partial charge >= 0.3 is 12.1 Å². The molecule has 6 heteroatoms. The summed E-state index contributed by atoms with van der Waals surface area (Å²) in [5, 5.41) is 10.1. The smallest absolute Gasteiger partial charge is 0.410 e. The maximum atomic E-state index is 12.3. The number of piperidine rings is 1. The second-order valence-corrected chi connectivity index (χ2v) is 7.25. The van der Waals surface area contributed by atoms with Gasteiger partial charge in [-0.2, -0.15) is 0 Å². The van der Waals surface area contributed by atoms with Crippen LogP contribution >= 0.6 is 11.6 Å². The molecule has 1 aromatic carbocycles. The average Bonchev–Trinajstić information content (AvgIpc) is 2.45. The van der Waals surface area contributed by atoms with Gasteiger partial charge in [0, 0.05) is 24.0 Å². The normalized spacial score (nSPS) is 21.8. The average molecular weight is 340 g/mol. The molecule has 1 saturated heterocycles. The fraction of sp³-hybridized carbons (Fsp3) is 0.529. The van der Waals surface area contributed by atoms with Crippen LogP contribution in [-0.2, 0) is 9.53 Å². The number of rotatable bonds is 2. The Morgan fingerprint density at radius 2 is 1.87 bits per heavy atom. The molecule has 0 spiro atoms. The fourth-order valence-corrected chi connectivity index (χ4v) is 2.91. The van der Waals surface area contributed by atoms with E-state index in [2.05, 4.69) is 0 Å². The topological polar surface area (TPSA) is 66.8 Å². The molecule has 1 aliphatic rings. The van der Waals surface area contributed by atoms with E-state index in [1.54, 1.807) is 17.0 Å². The second-order valence-electron chi connectivity index (χ2n) is 6.82. The van der Waals surface area contributed by atoms with E-state index in [-0.39, 0.29) is 5.92 Å². The van der Waals surface area contributed by atoms with E-state index in [4.69, 9.17) is 16.3 Å². The number of benzene rings is 1. The Balaban J connectivity index is 2.19. The molecule has 1 aromatic rings. The molecule has 0 unspecified atom stereocenters. The Morgan fingerprint density at radius 1 is 1.26 bits per heavy atom. The van der Waals surface area contributed by atoms with Crippen molar-refractivity contribution in [2.24, 2.45) is 5.92 Å². The molecular formula is C17H22ClNO4. The highest BCUT2D eigenvalue weighted by molar-refractivity contribution is 6.30. The summed E-state index contributed by atoms with van der Waals surface area (Å²) < 4.78 is 5.39. The zero-order valence-corrected chi connectivity index (χ0v) is 14.3. The van der Waals surface area contributed by atoms with E-state index in [0.717, 1.165) is 5.56 Å². The quantitative estimate of drug-likeness (QED) is 0.890. The van der Waals surface area contributed by atoms with Crippen molar-refractivity contribution in [3.63, 3.8) is 0 Å². The number of aliphatic carboxylic acids is 1. The van der Waals surface area contributed by atoms with Gasteiger partial charge in [0.15, 0.2) is 0 Å². The molecule has 1 amide bonds. The molecule has 0 saturated carbocycles. The van der Waals surface area contributed by atoms with Crippen LogP contribution in [0.2, 0.25) is 5.02 Å². The van der Waals surface area contributed by atoms with Gasteiger partial charge in [0.05, 0.1) is 5.92 Å². The minimum atomic E-state index is -0.839. The Morgan fingerprint density at radius 3 is 2.39 bits per heavy atom. The summed E-state index contributed by atoms with van der Waals surface area (Å²) in [6.07, 6.45) is 0.00213. The molecule has 2 rings (SSSR count). The van der Waals surface area contributed by atoms with Crippen molar-refractivity contribution >= 4 is 23.7 Å². The Kier molecular flexibility index (Phi) is 5.19. The molecule has 2 atom stereocenters. The molecule has 1 fully saturated rings. The van der Waals surface area contributed by atoms with Crippen molar-refractivity contribution in [1.29, 1.82) is 0 Å². The molecule has 0 radical (unpaired) electrons. The van der Waals surface area contributed by atoms with Crippen LogP contribution in [0.25, 0.3) is 0 Å². The van der Waals surface area contributed by atoms with Crippen LogP contribution in [0.4, 0.5) is 4.79 Å². The second kappa shape index (κ2) is 6.79. The third-order valence-electron chi connectivity index (χ3n) is 3.88. The van der Waals surface area contributed by atoms with Gasteiger partial charge in [-0.3, -0.25) is 4.79 Å². The van der Waals surface area contributed by atoms with Gasteiger partial charge in [-0.25, -0.2) is 4.79 Å². The Bertz CT molecular complexity index is 579. The van der Waals surface area contributed by atoms with E-state index < -0.39 is 23.6 Å². The maximum absolute atomic E-state index is 12.3. The first-order chi connectivity index (χ1) is 10.7. The third kappa shape index (κ3) is 4.61. The molecule has 5 nitrogen and oxygen atoms in total. The summed E-state index contributed by atoms with van der Waals surface area (Å²) in [7, 11) is 0. The van der Waals surface area contributed by atoms with Gasteiger partial charge in [-0.05, 0) is 44.9 Å². The fourth-order valence-electron chi connectivity index (χ4n) is 2.79. The summed E-state index contributed by atoms with van der Waals surface area (Å²) in [5.41, 5.74) is 0.298. The summed E-state index contributed by atoms with van der Waals surface area (Å²) in [6, 6.07) is 7.12. The van der Waals surface area contributed by atoms with E-state index in [0.29, 0.717) is 24.5 Å². The summed E-state index contributed by atoms with van der Waals surface area (Å²) in [5.74, 6) is -1.63. The predicted molar refractivity (Wildman–Crippen MR) is 87.7 cm³/mol. The van der Waals surface area contributed by atoms with E-state index in [1.165, 1.54) is 0 Å². The Hall–Kier alpha value is -1.75. The molecule has 0 bridgehead atoms. The van der Waals surface area contributed by atoms with Crippen LogP contribution in [-0.4, -0.2) is 40.8 Å². The standard InChI is InChI=1S/C17H22ClNO4/c1-17(2,3)23-16(22)19-9-8-13(15(20)21)14(10-19)11-4-6-12(18)7-5-11/h4-7,13-14H,8-10H2,1-3H3,(H,20,21)/t13-,14+/m0/s1. The van der Waals surface area contributed by atoms with E-state index >= 15 is 0 Å². The van der Waals surface area contributed by atoms with Gasteiger partial charge in [-0.1, -0.05) is 23.7 Å². The first-order valence-electron chi connectivity index (χ1n) is 7.63. The monoisotopic (exact) mass is 339 g/mol. The van der Waals surface area contributed by atoms with Crippen LogP contribution in [0.5, 0.6) is 0 Å². The third-order valence-corrected chi connectivity index (χ3v) is 4.13. The number of carbonyl (C=O) groups excluding carboxylic acids is 1. The first-order valence-corrected chi connectivity index (χ1v) is 8.01. The number of halogens is 1. The van der Waals surface area contributed by atoms with Gasteiger partial charge in [0.2, 0.25) is 0 Å². The summed E-state index contributed by atoms with van der Waals surface area (Å²) >= 11 is 5.90. The van der Waals surface area contributed by atoms with Gasteiger partial charge in [0.1, 0.15) is 5.60 Å². The lowest BCUT2D eigenvalue weighted by molar-refractivity contribution is -0.144. The summed E-state index contributed by atoms with van der Waals surface area (Å²) in [4.78, 5) is 25.4. The molecule has 23 heavy (non-hydrogen) atoms. The Labute approximate surface area is 141 Å². The molecule has 0 aromatic heterocycles.